The number of carbonyl (C=O) groups excluding carboxylic acids is 1. The van der Waals surface area contributed by atoms with E-state index < -0.39 is 0 Å². The van der Waals surface area contributed by atoms with Crippen LogP contribution >= 0.6 is 22.9 Å². The monoisotopic (exact) mass is 328 g/mol. The molecule has 110 valence electrons. The van der Waals surface area contributed by atoms with Gasteiger partial charge in [0.15, 0.2) is 5.13 Å². The summed E-state index contributed by atoms with van der Waals surface area (Å²) in [6.07, 6.45) is 3.20. The molecule has 0 atom stereocenters. The van der Waals surface area contributed by atoms with Crippen LogP contribution in [0.1, 0.15) is 11.1 Å². The molecule has 0 saturated carbocycles. The lowest BCUT2D eigenvalue weighted by Gasteiger charge is -1.96. The SMILES string of the molecule is Cc1cccc2sc(NC(=O)C=Cc3cccc(Cl)c3)nc12. The average molecular weight is 329 g/mol. The zero-order chi connectivity index (χ0) is 15.5. The van der Waals surface area contributed by atoms with Gasteiger partial charge in [-0.15, -0.1) is 0 Å². The number of thiazole rings is 1. The number of halogens is 1. The molecule has 3 rings (SSSR count). The number of rotatable bonds is 3. The maximum absolute atomic E-state index is 12.0. The summed E-state index contributed by atoms with van der Waals surface area (Å²) in [6.45, 7) is 2.01. The van der Waals surface area contributed by atoms with Gasteiger partial charge >= 0.3 is 0 Å². The molecule has 0 aliphatic heterocycles. The lowest BCUT2D eigenvalue weighted by Crippen LogP contribution is -2.07. The summed E-state index contributed by atoms with van der Waals surface area (Å²) in [5.41, 5.74) is 2.91. The van der Waals surface area contributed by atoms with E-state index in [1.54, 1.807) is 18.2 Å². The standard InChI is InChI=1S/C17H13ClN2OS/c1-11-4-2-7-14-16(11)20-17(22-14)19-15(21)9-8-12-5-3-6-13(18)10-12/h2-10H,1H3,(H,19,20,21). The Balaban J connectivity index is 1.74. The topological polar surface area (TPSA) is 42.0 Å². The van der Waals surface area contributed by atoms with Crippen molar-refractivity contribution in [3.05, 3.63) is 64.7 Å². The van der Waals surface area contributed by atoms with Crippen LogP contribution in [-0.2, 0) is 4.79 Å². The maximum atomic E-state index is 12.0. The summed E-state index contributed by atoms with van der Waals surface area (Å²) >= 11 is 7.37. The number of amides is 1. The molecule has 22 heavy (non-hydrogen) atoms. The van der Waals surface area contributed by atoms with Gasteiger partial charge in [0, 0.05) is 11.1 Å². The summed E-state index contributed by atoms with van der Waals surface area (Å²) in [4.78, 5) is 16.4. The summed E-state index contributed by atoms with van der Waals surface area (Å²) in [5, 5.41) is 4.04. The second-order valence-electron chi connectivity index (χ2n) is 4.82. The number of aryl methyl sites for hydroxylation is 1. The highest BCUT2D eigenvalue weighted by Crippen LogP contribution is 2.27. The van der Waals surface area contributed by atoms with Crippen LogP contribution in [0.15, 0.2) is 48.5 Å². The van der Waals surface area contributed by atoms with Crippen molar-refractivity contribution >= 4 is 50.3 Å². The molecule has 2 aromatic carbocycles. The second-order valence-corrected chi connectivity index (χ2v) is 6.29. The van der Waals surface area contributed by atoms with Crippen LogP contribution in [0.3, 0.4) is 0 Å². The van der Waals surface area contributed by atoms with Gasteiger partial charge in [-0.2, -0.15) is 0 Å². The third-order valence-corrected chi connectivity index (χ3v) is 4.30. The highest BCUT2D eigenvalue weighted by molar-refractivity contribution is 7.22. The summed E-state index contributed by atoms with van der Waals surface area (Å²) < 4.78 is 1.06. The van der Waals surface area contributed by atoms with Crippen LogP contribution in [-0.4, -0.2) is 10.9 Å². The Morgan fingerprint density at radius 3 is 2.86 bits per heavy atom. The van der Waals surface area contributed by atoms with E-state index in [1.807, 2.05) is 37.3 Å². The third-order valence-electron chi connectivity index (χ3n) is 3.13. The molecule has 0 unspecified atom stereocenters. The van der Waals surface area contributed by atoms with Crippen molar-refractivity contribution in [1.82, 2.24) is 4.98 Å². The number of carbonyl (C=O) groups is 1. The number of fused-ring (bicyclic) bond motifs is 1. The van der Waals surface area contributed by atoms with E-state index in [9.17, 15) is 4.79 Å². The molecule has 1 N–H and O–H groups in total. The number of nitrogens with one attached hydrogen (secondary N) is 1. The van der Waals surface area contributed by atoms with Crippen molar-refractivity contribution in [3.8, 4) is 0 Å². The lowest BCUT2D eigenvalue weighted by molar-refractivity contribution is -0.111. The molecule has 0 aliphatic rings. The Bertz CT molecular complexity index is 870. The minimum absolute atomic E-state index is 0.211. The van der Waals surface area contributed by atoms with E-state index in [-0.39, 0.29) is 5.91 Å². The number of nitrogens with zero attached hydrogens (tertiary/aromatic N) is 1. The number of hydrogen-bond donors (Lipinski definition) is 1. The molecule has 0 aliphatic carbocycles. The predicted octanol–water partition coefficient (Wildman–Crippen LogP) is 4.91. The van der Waals surface area contributed by atoms with Crippen LogP contribution in [0.2, 0.25) is 5.02 Å². The van der Waals surface area contributed by atoms with Crippen LogP contribution in [0.5, 0.6) is 0 Å². The number of aromatic nitrogens is 1. The van der Waals surface area contributed by atoms with Crippen LogP contribution < -0.4 is 5.32 Å². The normalized spacial score (nSPS) is 11.2. The molecule has 5 heteroatoms. The van der Waals surface area contributed by atoms with Gasteiger partial charge in [-0.25, -0.2) is 4.98 Å². The quantitative estimate of drug-likeness (QED) is 0.694. The molecule has 1 heterocycles. The molecular formula is C17H13ClN2OS. The van der Waals surface area contributed by atoms with Gasteiger partial charge < -0.3 is 0 Å². The van der Waals surface area contributed by atoms with Gasteiger partial charge in [0.1, 0.15) is 0 Å². The van der Waals surface area contributed by atoms with Gasteiger partial charge in [-0.3, -0.25) is 10.1 Å². The first-order valence-electron chi connectivity index (χ1n) is 6.72. The van der Waals surface area contributed by atoms with Gasteiger partial charge in [-0.05, 0) is 42.3 Å². The molecule has 1 amide bonds. The number of para-hydroxylation sites is 1. The molecule has 1 aromatic heterocycles. The van der Waals surface area contributed by atoms with Crippen molar-refractivity contribution in [2.24, 2.45) is 0 Å². The number of anilines is 1. The Morgan fingerprint density at radius 1 is 1.27 bits per heavy atom. The molecule has 0 radical (unpaired) electrons. The molecule has 0 spiro atoms. The third kappa shape index (κ3) is 3.35. The highest BCUT2D eigenvalue weighted by atomic mass is 35.5. The fourth-order valence-corrected chi connectivity index (χ4v) is 3.21. The molecular weight excluding hydrogens is 316 g/mol. The first-order chi connectivity index (χ1) is 10.6. The first kappa shape index (κ1) is 14.8. The van der Waals surface area contributed by atoms with Gasteiger partial charge in [0.2, 0.25) is 5.91 Å². The van der Waals surface area contributed by atoms with Crippen molar-refractivity contribution in [1.29, 1.82) is 0 Å². The number of hydrogen-bond acceptors (Lipinski definition) is 3. The van der Waals surface area contributed by atoms with Gasteiger partial charge in [0.05, 0.1) is 10.2 Å². The summed E-state index contributed by atoms with van der Waals surface area (Å²) in [6, 6.07) is 13.3. The molecule has 3 nitrogen and oxygen atoms in total. The summed E-state index contributed by atoms with van der Waals surface area (Å²) in [5.74, 6) is -0.211. The lowest BCUT2D eigenvalue weighted by atomic mass is 10.2. The minimum Gasteiger partial charge on any atom is -0.298 e. The van der Waals surface area contributed by atoms with E-state index >= 15 is 0 Å². The van der Waals surface area contributed by atoms with E-state index in [4.69, 9.17) is 11.6 Å². The Morgan fingerprint density at radius 2 is 2.09 bits per heavy atom. The number of benzene rings is 2. The average Bonchev–Trinajstić information content (AvgIpc) is 2.89. The maximum Gasteiger partial charge on any atom is 0.250 e. The van der Waals surface area contributed by atoms with Crippen molar-refractivity contribution < 1.29 is 4.79 Å². The Labute approximate surface area is 137 Å². The second kappa shape index (κ2) is 6.30. The van der Waals surface area contributed by atoms with Crippen LogP contribution in [0.4, 0.5) is 5.13 Å². The first-order valence-corrected chi connectivity index (χ1v) is 7.92. The van der Waals surface area contributed by atoms with Crippen molar-refractivity contribution in [3.63, 3.8) is 0 Å². The largest absolute Gasteiger partial charge is 0.298 e. The fraction of sp³-hybridized carbons (Fsp3) is 0.0588. The molecule has 0 saturated heterocycles. The summed E-state index contributed by atoms with van der Waals surface area (Å²) in [7, 11) is 0. The van der Waals surface area contributed by atoms with Crippen LogP contribution in [0, 0.1) is 6.92 Å². The predicted molar refractivity (Wildman–Crippen MR) is 93.5 cm³/mol. The highest BCUT2D eigenvalue weighted by Gasteiger charge is 2.07. The van der Waals surface area contributed by atoms with Gasteiger partial charge in [0.25, 0.3) is 0 Å². The molecule has 0 fully saturated rings. The molecule has 3 aromatic rings. The zero-order valence-corrected chi connectivity index (χ0v) is 13.4. The van der Waals surface area contributed by atoms with E-state index in [0.29, 0.717) is 10.2 Å². The van der Waals surface area contributed by atoms with E-state index in [0.717, 1.165) is 21.3 Å². The van der Waals surface area contributed by atoms with Gasteiger partial charge in [-0.1, -0.05) is 47.2 Å². The Hall–Kier alpha value is -2.17. The van der Waals surface area contributed by atoms with E-state index in [2.05, 4.69) is 10.3 Å². The van der Waals surface area contributed by atoms with Crippen molar-refractivity contribution in [2.75, 3.05) is 5.32 Å². The smallest absolute Gasteiger partial charge is 0.250 e. The Kier molecular flexibility index (Phi) is 4.22. The zero-order valence-electron chi connectivity index (χ0n) is 11.8. The molecule has 0 bridgehead atoms. The van der Waals surface area contributed by atoms with Crippen LogP contribution in [0.25, 0.3) is 16.3 Å². The fourth-order valence-electron chi connectivity index (χ4n) is 2.07. The minimum atomic E-state index is -0.211. The van der Waals surface area contributed by atoms with E-state index in [1.165, 1.54) is 17.4 Å². The van der Waals surface area contributed by atoms with Crippen molar-refractivity contribution in [2.45, 2.75) is 6.92 Å².